The smallest absolute Gasteiger partial charge is 0.227 e. The molecular formula is C18H28N2O2. The summed E-state index contributed by atoms with van der Waals surface area (Å²) in [7, 11) is 3.49. The van der Waals surface area contributed by atoms with Gasteiger partial charge in [0.25, 0.3) is 0 Å². The Balaban J connectivity index is 1.83. The number of piperidine rings is 1. The van der Waals surface area contributed by atoms with Gasteiger partial charge in [-0.2, -0.15) is 0 Å². The van der Waals surface area contributed by atoms with Crippen LogP contribution in [-0.2, 0) is 11.2 Å². The molecule has 1 aliphatic heterocycles. The maximum atomic E-state index is 12.1. The van der Waals surface area contributed by atoms with Crippen LogP contribution >= 0.6 is 0 Å². The van der Waals surface area contributed by atoms with Gasteiger partial charge < -0.3 is 14.9 Å². The van der Waals surface area contributed by atoms with Crippen molar-refractivity contribution in [3.63, 3.8) is 0 Å². The second-order valence-electron chi connectivity index (χ2n) is 6.64. The Morgan fingerprint density at radius 2 is 1.86 bits per heavy atom. The van der Waals surface area contributed by atoms with Crippen LogP contribution in [0.3, 0.4) is 0 Å². The maximum Gasteiger partial charge on any atom is 0.227 e. The molecule has 2 rings (SSSR count). The summed E-state index contributed by atoms with van der Waals surface area (Å²) < 4.78 is 0. The predicted octanol–water partition coefficient (Wildman–Crippen LogP) is 1.78. The first-order valence-electron chi connectivity index (χ1n) is 8.12. The van der Waals surface area contributed by atoms with Crippen molar-refractivity contribution in [2.45, 2.75) is 31.8 Å². The van der Waals surface area contributed by atoms with Gasteiger partial charge in [0.2, 0.25) is 5.91 Å². The van der Waals surface area contributed by atoms with Crippen LogP contribution in [0, 0.1) is 5.92 Å². The van der Waals surface area contributed by atoms with E-state index in [9.17, 15) is 9.90 Å². The molecule has 1 heterocycles. The van der Waals surface area contributed by atoms with Crippen LogP contribution in [0.15, 0.2) is 30.3 Å². The molecule has 4 nitrogen and oxygen atoms in total. The molecule has 1 saturated heterocycles. The second-order valence-corrected chi connectivity index (χ2v) is 6.64. The summed E-state index contributed by atoms with van der Waals surface area (Å²) in [5, 5.41) is 10.8. The van der Waals surface area contributed by atoms with Gasteiger partial charge in [-0.25, -0.2) is 0 Å². The highest BCUT2D eigenvalue weighted by Gasteiger charge is 2.41. The fourth-order valence-corrected chi connectivity index (χ4v) is 3.15. The molecule has 0 saturated carbocycles. The molecule has 0 aromatic heterocycles. The van der Waals surface area contributed by atoms with Gasteiger partial charge in [0, 0.05) is 33.7 Å². The Morgan fingerprint density at radius 1 is 1.27 bits per heavy atom. The second kappa shape index (κ2) is 7.25. The Bertz CT molecular complexity index is 479. The molecule has 1 N–H and O–H groups in total. The molecule has 0 spiro atoms. The summed E-state index contributed by atoms with van der Waals surface area (Å²) in [5.41, 5.74) is 0.490. The maximum absolute atomic E-state index is 12.1. The molecule has 122 valence electrons. The number of benzene rings is 1. The SMILES string of the molecule is CC(C(=O)N(C)C)C1(O)CCN(CCc2ccccc2)CC1. The molecule has 0 aliphatic carbocycles. The van der Waals surface area contributed by atoms with Crippen LogP contribution < -0.4 is 0 Å². The first kappa shape index (κ1) is 17.0. The number of carbonyl (C=O) groups excluding carboxylic acids is 1. The zero-order valence-electron chi connectivity index (χ0n) is 14.0. The minimum atomic E-state index is -0.857. The number of carbonyl (C=O) groups is 1. The van der Waals surface area contributed by atoms with E-state index < -0.39 is 5.60 Å². The average Bonchev–Trinajstić information content (AvgIpc) is 2.54. The number of aliphatic hydroxyl groups is 1. The summed E-state index contributed by atoms with van der Waals surface area (Å²) in [4.78, 5) is 16.0. The van der Waals surface area contributed by atoms with Gasteiger partial charge in [-0.15, -0.1) is 0 Å². The van der Waals surface area contributed by atoms with E-state index in [0.29, 0.717) is 12.8 Å². The first-order chi connectivity index (χ1) is 10.4. The lowest BCUT2D eigenvalue weighted by Crippen LogP contribution is -2.52. The van der Waals surface area contributed by atoms with E-state index in [0.717, 1.165) is 26.1 Å². The molecule has 4 heteroatoms. The number of nitrogens with zero attached hydrogens (tertiary/aromatic N) is 2. The largest absolute Gasteiger partial charge is 0.389 e. The van der Waals surface area contributed by atoms with E-state index >= 15 is 0 Å². The number of amides is 1. The van der Waals surface area contributed by atoms with Crippen molar-refractivity contribution in [1.29, 1.82) is 0 Å². The van der Waals surface area contributed by atoms with E-state index in [-0.39, 0.29) is 11.8 Å². The van der Waals surface area contributed by atoms with E-state index in [1.807, 2.05) is 13.0 Å². The third-order valence-corrected chi connectivity index (χ3v) is 4.90. The third kappa shape index (κ3) is 4.08. The van der Waals surface area contributed by atoms with Crippen molar-refractivity contribution in [3.8, 4) is 0 Å². The number of hydrogen-bond donors (Lipinski definition) is 1. The lowest BCUT2D eigenvalue weighted by Gasteiger charge is -2.41. The van der Waals surface area contributed by atoms with Gasteiger partial charge in [-0.1, -0.05) is 37.3 Å². The van der Waals surface area contributed by atoms with Crippen molar-refractivity contribution in [2.24, 2.45) is 5.92 Å². The summed E-state index contributed by atoms with van der Waals surface area (Å²) in [6.45, 7) is 4.57. The highest BCUT2D eigenvalue weighted by molar-refractivity contribution is 5.79. The van der Waals surface area contributed by atoms with Crippen LogP contribution in [0.4, 0.5) is 0 Å². The third-order valence-electron chi connectivity index (χ3n) is 4.90. The zero-order valence-corrected chi connectivity index (χ0v) is 14.0. The molecule has 0 radical (unpaired) electrons. The lowest BCUT2D eigenvalue weighted by molar-refractivity contribution is -0.145. The van der Waals surface area contributed by atoms with Gasteiger partial charge in [-0.3, -0.25) is 4.79 Å². The molecule has 1 aliphatic rings. The molecule has 22 heavy (non-hydrogen) atoms. The Morgan fingerprint density at radius 3 is 2.41 bits per heavy atom. The van der Waals surface area contributed by atoms with E-state index in [2.05, 4.69) is 29.2 Å². The van der Waals surface area contributed by atoms with Crippen molar-refractivity contribution in [3.05, 3.63) is 35.9 Å². The minimum absolute atomic E-state index is 0.0141. The average molecular weight is 304 g/mol. The quantitative estimate of drug-likeness (QED) is 0.902. The van der Waals surface area contributed by atoms with Gasteiger partial charge in [-0.05, 0) is 24.8 Å². The first-order valence-corrected chi connectivity index (χ1v) is 8.12. The minimum Gasteiger partial charge on any atom is -0.389 e. The monoisotopic (exact) mass is 304 g/mol. The highest BCUT2D eigenvalue weighted by atomic mass is 16.3. The van der Waals surface area contributed by atoms with E-state index in [1.165, 1.54) is 5.56 Å². The number of likely N-dealkylation sites (tertiary alicyclic amines) is 1. The zero-order chi connectivity index (χ0) is 16.2. The Labute approximate surface area is 133 Å². The van der Waals surface area contributed by atoms with Crippen LogP contribution in [0.1, 0.15) is 25.3 Å². The normalized spacial score (nSPS) is 19.6. The van der Waals surface area contributed by atoms with Crippen LogP contribution in [-0.4, -0.2) is 60.1 Å². The summed E-state index contributed by atoms with van der Waals surface area (Å²) in [6, 6.07) is 10.5. The molecule has 1 amide bonds. The van der Waals surface area contributed by atoms with Gasteiger partial charge in [0.05, 0.1) is 11.5 Å². The lowest BCUT2D eigenvalue weighted by atomic mass is 9.79. The number of rotatable bonds is 5. The van der Waals surface area contributed by atoms with Crippen molar-refractivity contribution in [1.82, 2.24) is 9.80 Å². The van der Waals surface area contributed by atoms with Crippen molar-refractivity contribution >= 4 is 5.91 Å². The highest BCUT2D eigenvalue weighted by Crippen LogP contribution is 2.30. The molecule has 1 aromatic carbocycles. The summed E-state index contributed by atoms with van der Waals surface area (Å²) >= 11 is 0. The van der Waals surface area contributed by atoms with E-state index in [1.54, 1.807) is 19.0 Å². The number of hydrogen-bond acceptors (Lipinski definition) is 3. The predicted molar refractivity (Wildman–Crippen MR) is 88.6 cm³/mol. The molecule has 1 atom stereocenters. The standard InChI is InChI=1S/C18H28N2O2/c1-15(17(21)19(2)3)18(22)10-13-20(14-11-18)12-9-16-7-5-4-6-8-16/h4-8,15,22H,9-14H2,1-3H3. The Hall–Kier alpha value is -1.39. The molecule has 1 fully saturated rings. The van der Waals surface area contributed by atoms with Crippen molar-refractivity contribution in [2.75, 3.05) is 33.7 Å². The van der Waals surface area contributed by atoms with Gasteiger partial charge in [0.15, 0.2) is 0 Å². The molecule has 0 bridgehead atoms. The molecule has 1 unspecified atom stereocenters. The summed E-state index contributed by atoms with van der Waals surface area (Å²) in [6.07, 6.45) is 2.37. The topological polar surface area (TPSA) is 43.8 Å². The van der Waals surface area contributed by atoms with Gasteiger partial charge in [0.1, 0.15) is 0 Å². The molecule has 1 aromatic rings. The Kier molecular flexibility index (Phi) is 5.59. The van der Waals surface area contributed by atoms with E-state index in [4.69, 9.17) is 0 Å². The van der Waals surface area contributed by atoms with Crippen LogP contribution in [0.5, 0.6) is 0 Å². The van der Waals surface area contributed by atoms with Crippen LogP contribution in [0.2, 0.25) is 0 Å². The fraction of sp³-hybridized carbons (Fsp3) is 0.611. The van der Waals surface area contributed by atoms with Crippen LogP contribution in [0.25, 0.3) is 0 Å². The molecular weight excluding hydrogens is 276 g/mol. The van der Waals surface area contributed by atoms with Crippen molar-refractivity contribution < 1.29 is 9.90 Å². The fourth-order valence-electron chi connectivity index (χ4n) is 3.15. The van der Waals surface area contributed by atoms with Gasteiger partial charge >= 0.3 is 0 Å². The summed E-state index contributed by atoms with van der Waals surface area (Å²) in [5.74, 6) is -0.320.